The molecule has 0 saturated heterocycles. The molecular weight excluding hydrogens is 348 g/mol. The van der Waals surface area contributed by atoms with Crippen LogP contribution < -0.4 is 10.6 Å². The number of ether oxygens (including phenoxy) is 3. The third-order valence-corrected chi connectivity index (χ3v) is 6.04. The molecule has 27 heavy (non-hydrogen) atoms. The topological polar surface area (TPSA) is 85.9 Å². The van der Waals surface area contributed by atoms with Crippen LogP contribution in [-0.2, 0) is 14.2 Å². The minimum atomic E-state index is -0.334. The van der Waals surface area contributed by atoms with E-state index in [-0.39, 0.29) is 37.0 Å². The highest BCUT2D eigenvalue weighted by atomic mass is 16.6. The summed E-state index contributed by atoms with van der Waals surface area (Å²) in [5.41, 5.74) is 0. The van der Waals surface area contributed by atoms with Gasteiger partial charge < -0.3 is 24.8 Å². The zero-order valence-corrected chi connectivity index (χ0v) is 17.0. The highest BCUT2D eigenvalue weighted by Gasteiger charge is 2.28. The fourth-order valence-electron chi connectivity index (χ4n) is 4.25. The van der Waals surface area contributed by atoms with Crippen molar-refractivity contribution in [3.63, 3.8) is 0 Å². The summed E-state index contributed by atoms with van der Waals surface area (Å²) in [6.07, 6.45) is 9.37. The van der Waals surface area contributed by atoms with Crippen molar-refractivity contribution in [2.45, 2.75) is 82.9 Å². The average Bonchev–Trinajstić information content (AvgIpc) is 2.69. The fraction of sp³-hybridized carbons (Fsp3) is 0.900. The van der Waals surface area contributed by atoms with Crippen molar-refractivity contribution in [2.75, 3.05) is 20.8 Å². The van der Waals surface area contributed by atoms with Crippen molar-refractivity contribution in [1.29, 1.82) is 0 Å². The van der Waals surface area contributed by atoms with E-state index in [9.17, 15) is 9.59 Å². The van der Waals surface area contributed by atoms with Gasteiger partial charge in [-0.3, -0.25) is 0 Å². The first-order chi connectivity index (χ1) is 13.0. The zero-order valence-electron chi connectivity index (χ0n) is 17.0. The van der Waals surface area contributed by atoms with Crippen molar-refractivity contribution in [2.24, 2.45) is 11.8 Å². The number of carbonyl (C=O) groups excluding carboxylic acids is 2. The molecule has 156 valence electrons. The van der Waals surface area contributed by atoms with E-state index in [1.54, 1.807) is 7.11 Å². The van der Waals surface area contributed by atoms with Gasteiger partial charge in [0.25, 0.3) is 0 Å². The molecule has 2 rings (SSSR count). The highest BCUT2D eigenvalue weighted by Crippen LogP contribution is 2.35. The minimum Gasteiger partial charge on any atom is -0.453 e. The maximum Gasteiger partial charge on any atom is 0.407 e. The van der Waals surface area contributed by atoms with Crippen LogP contribution in [-0.4, -0.2) is 51.2 Å². The Morgan fingerprint density at radius 2 is 1.33 bits per heavy atom. The summed E-state index contributed by atoms with van der Waals surface area (Å²) >= 11 is 0. The Bertz CT molecular complexity index is 457. The molecule has 0 aliphatic heterocycles. The predicted molar refractivity (Wildman–Crippen MR) is 103 cm³/mol. The largest absolute Gasteiger partial charge is 0.453 e. The van der Waals surface area contributed by atoms with Crippen LogP contribution >= 0.6 is 0 Å². The van der Waals surface area contributed by atoms with E-state index in [1.807, 2.05) is 6.92 Å². The van der Waals surface area contributed by atoms with Gasteiger partial charge in [-0.05, 0) is 76.5 Å². The smallest absolute Gasteiger partial charge is 0.407 e. The molecule has 0 aromatic carbocycles. The predicted octanol–water partition coefficient (Wildman–Crippen LogP) is 3.61. The first kappa shape index (κ1) is 21.8. The van der Waals surface area contributed by atoms with E-state index >= 15 is 0 Å². The zero-order chi connectivity index (χ0) is 19.6. The third kappa shape index (κ3) is 7.95. The SMILES string of the molecule is COC(=O)NC1CCC(CC2CCC(NC(=O)OCC(C)OC)CC2)CC1. The number of methoxy groups -OCH3 is 2. The van der Waals surface area contributed by atoms with E-state index < -0.39 is 0 Å². The van der Waals surface area contributed by atoms with Crippen LogP contribution in [0.2, 0.25) is 0 Å². The van der Waals surface area contributed by atoms with Crippen LogP contribution in [0.4, 0.5) is 9.59 Å². The minimum absolute atomic E-state index is 0.0793. The number of alkyl carbamates (subject to hydrolysis) is 2. The summed E-state index contributed by atoms with van der Waals surface area (Å²) in [5, 5.41) is 5.90. The molecule has 1 unspecified atom stereocenters. The van der Waals surface area contributed by atoms with Crippen molar-refractivity contribution >= 4 is 12.2 Å². The lowest BCUT2D eigenvalue weighted by Crippen LogP contribution is -2.39. The van der Waals surface area contributed by atoms with Gasteiger partial charge in [-0.25, -0.2) is 9.59 Å². The van der Waals surface area contributed by atoms with Crippen molar-refractivity contribution in [1.82, 2.24) is 10.6 Å². The second-order valence-corrected chi connectivity index (χ2v) is 8.10. The standard InChI is InChI=1S/C20H36N2O5/c1-14(25-2)13-27-20(24)22-18-10-6-16(7-11-18)12-15-4-8-17(9-5-15)21-19(23)26-3/h14-18H,4-13H2,1-3H3,(H,21,23)(H,22,24). The van der Waals surface area contributed by atoms with Gasteiger partial charge in [0.2, 0.25) is 0 Å². The molecule has 2 amide bonds. The Balaban J connectivity index is 1.58. The van der Waals surface area contributed by atoms with Gasteiger partial charge in [0, 0.05) is 19.2 Å². The molecule has 0 aromatic heterocycles. The van der Waals surface area contributed by atoms with Gasteiger partial charge in [-0.1, -0.05) is 0 Å². The highest BCUT2D eigenvalue weighted by molar-refractivity contribution is 5.67. The van der Waals surface area contributed by atoms with Gasteiger partial charge in [-0.15, -0.1) is 0 Å². The van der Waals surface area contributed by atoms with Crippen molar-refractivity contribution < 1.29 is 23.8 Å². The van der Waals surface area contributed by atoms with E-state index in [1.165, 1.54) is 39.2 Å². The number of hydrogen-bond acceptors (Lipinski definition) is 5. The van der Waals surface area contributed by atoms with Gasteiger partial charge in [-0.2, -0.15) is 0 Å². The summed E-state index contributed by atoms with van der Waals surface area (Å²) in [4.78, 5) is 23.1. The van der Waals surface area contributed by atoms with Crippen LogP contribution in [0.3, 0.4) is 0 Å². The number of carbonyl (C=O) groups is 2. The third-order valence-electron chi connectivity index (χ3n) is 6.04. The average molecular weight is 385 g/mol. The summed E-state index contributed by atoms with van der Waals surface area (Å²) in [7, 11) is 3.02. The van der Waals surface area contributed by atoms with Crippen molar-refractivity contribution in [3.8, 4) is 0 Å². The number of amides is 2. The molecule has 2 aliphatic carbocycles. The molecule has 0 heterocycles. The van der Waals surface area contributed by atoms with Gasteiger partial charge >= 0.3 is 12.2 Å². The Kier molecular flexibility index (Phi) is 9.18. The quantitative estimate of drug-likeness (QED) is 0.700. The Labute approximate surface area is 162 Å². The van der Waals surface area contributed by atoms with Crippen LogP contribution in [0.15, 0.2) is 0 Å². The first-order valence-corrected chi connectivity index (χ1v) is 10.3. The summed E-state index contributed by atoms with van der Waals surface area (Å²) in [5.74, 6) is 1.51. The lowest BCUT2D eigenvalue weighted by atomic mass is 9.76. The second kappa shape index (κ2) is 11.4. The van der Waals surface area contributed by atoms with Gasteiger partial charge in [0.1, 0.15) is 6.61 Å². The normalized spacial score (nSPS) is 29.4. The van der Waals surface area contributed by atoms with Gasteiger partial charge in [0.05, 0.1) is 13.2 Å². The van der Waals surface area contributed by atoms with Crippen LogP contribution in [0.1, 0.15) is 64.7 Å². The van der Waals surface area contributed by atoms with E-state index in [2.05, 4.69) is 15.4 Å². The van der Waals surface area contributed by atoms with E-state index in [4.69, 9.17) is 9.47 Å². The fourth-order valence-corrected chi connectivity index (χ4v) is 4.25. The number of nitrogens with one attached hydrogen (secondary N) is 2. The molecule has 2 N–H and O–H groups in total. The molecule has 0 radical (unpaired) electrons. The molecule has 2 fully saturated rings. The van der Waals surface area contributed by atoms with E-state index in [0.717, 1.165) is 37.5 Å². The molecule has 1 atom stereocenters. The number of hydrogen-bond donors (Lipinski definition) is 2. The van der Waals surface area contributed by atoms with E-state index in [0.29, 0.717) is 0 Å². The Morgan fingerprint density at radius 3 is 1.78 bits per heavy atom. The van der Waals surface area contributed by atoms with Crippen LogP contribution in [0.5, 0.6) is 0 Å². The van der Waals surface area contributed by atoms with Gasteiger partial charge in [0.15, 0.2) is 0 Å². The maximum atomic E-state index is 11.8. The molecule has 7 heteroatoms. The Morgan fingerprint density at radius 1 is 0.852 bits per heavy atom. The summed E-state index contributed by atoms with van der Waals surface area (Å²) < 4.78 is 14.9. The first-order valence-electron chi connectivity index (χ1n) is 10.3. The monoisotopic (exact) mass is 384 g/mol. The summed E-state index contributed by atoms with van der Waals surface area (Å²) in [6, 6.07) is 0.493. The number of rotatable bonds is 7. The molecule has 0 aromatic rings. The Hall–Kier alpha value is -1.50. The maximum absolute atomic E-state index is 11.8. The lowest BCUT2D eigenvalue weighted by molar-refractivity contribution is 0.0441. The van der Waals surface area contributed by atoms with Crippen LogP contribution in [0, 0.1) is 11.8 Å². The van der Waals surface area contributed by atoms with Crippen LogP contribution in [0.25, 0.3) is 0 Å². The van der Waals surface area contributed by atoms with Crippen molar-refractivity contribution in [3.05, 3.63) is 0 Å². The molecule has 7 nitrogen and oxygen atoms in total. The lowest BCUT2D eigenvalue weighted by Gasteiger charge is -2.34. The molecular formula is C20H36N2O5. The molecule has 0 spiro atoms. The summed E-state index contributed by atoms with van der Waals surface area (Å²) in [6.45, 7) is 2.16. The molecule has 0 bridgehead atoms. The molecule has 2 saturated carbocycles. The second-order valence-electron chi connectivity index (χ2n) is 8.10. The molecule has 2 aliphatic rings.